The summed E-state index contributed by atoms with van der Waals surface area (Å²) in [6, 6.07) is 4.11. The van der Waals surface area contributed by atoms with Crippen LogP contribution in [0.25, 0.3) is 0 Å². The number of carbonyl (C=O) groups excluding carboxylic acids is 1. The Kier molecular flexibility index (Phi) is 3.44. The molecule has 2 N–H and O–H groups in total. The Balaban J connectivity index is 1.85. The van der Waals surface area contributed by atoms with E-state index in [2.05, 4.69) is 20.3 Å². The number of amides is 1. The van der Waals surface area contributed by atoms with Gasteiger partial charge in [0.2, 0.25) is 5.95 Å². The van der Waals surface area contributed by atoms with E-state index < -0.39 is 11.9 Å². The summed E-state index contributed by atoms with van der Waals surface area (Å²) >= 11 is 0. The summed E-state index contributed by atoms with van der Waals surface area (Å²) in [5, 5.41) is 2.64. The summed E-state index contributed by atoms with van der Waals surface area (Å²) in [5.74, 6) is -0.266. The summed E-state index contributed by atoms with van der Waals surface area (Å²) in [6.45, 7) is 0.421. The number of aromatic nitrogens is 3. The lowest BCUT2D eigenvalue weighted by Gasteiger charge is -2.03. The molecule has 0 spiro atoms. The van der Waals surface area contributed by atoms with E-state index in [0.717, 1.165) is 5.82 Å². The molecule has 0 radical (unpaired) electrons. The Labute approximate surface area is 97.1 Å². The van der Waals surface area contributed by atoms with Crippen LogP contribution in [0.5, 0.6) is 0 Å². The molecule has 6 heteroatoms. The molecule has 2 aromatic rings. The van der Waals surface area contributed by atoms with Crippen LogP contribution in [0.4, 0.5) is 4.39 Å². The van der Waals surface area contributed by atoms with Crippen molar-refractivity contribution in [1.29, 1.82) is 0 Å². The molecule has 0 aliphatic heterocycles. The molecule has 1 amide bonds. The fourth-order valence-corrected chi connectivity index (χ4v) is 1.35. The Morgan fingerprint density at radius 2 is 2.35 bits per heavy atom. The molecule has 5 nitrogen and oxygen atoms in total. The third-order valence-corrected chi connectivity index (χ3v) is 2.15. The number of aromatic amines is 1. The standard InChI is InChI=1S/C11H11FN4O/c12-9-3-1-2-8(16-9)11(17)15-5-4-10-13-6-7-14-10/h1-3,6-7H,4-5H2,(H,13,14)(H,15,17). The maximum atomic E-state index is 12.8. The van der Waals surface area contributed by atoms with E-state index in [0.29, 0.717) is 13.0 Å². The zero-order valence-electron chi connectivity index (χ0n) is 8.98. The van der Waals surface area contributed by atoms with Gasteiger partial charge in [-0.05, 0) is 12.1 Å². The quantitative estimate of drug-likeness (QED) is 0.773. The van der Waals surface area contributed by atoms with Gasteiger partial charge >= 0.3 is 0 Å². The second-order valence-corrected chi connectivity index (χ2v) is 3.39. The molecule has 2 aromatic heterocycles. The first kappa shape index (κ1) is 11.3. The molecular weight excluding hydrogens is 223 g/mol. The van der Waals surface area contributed by atoms with Crippen molar-refractivity contribution in [2.24, 2.45) is 0 Å². The molecule has 0 aliphatic rings. The van der Waals surface area contributed by atoms with Crippen LogP contribution >= 0.6 is 0 Å². The number of hydrogen-bond acceptors (Lipinski definition) is 3. The van der Waals surface area contributed by atoms with Gasteiger partial charge in [0.05, 0.1) is 0 Å². The van der Waals surface area contributed by atoms with Crippen molar-refractivity contribution in [3.63, 3.8) is 0 Å². The lowest BCUT2D eigenvalue weighted by atomic mass is 10.3. The Bertz CT molecular complexity index is 498. The zero-order chi connectivity index (χ0) is 12.1. The molecule has 0 bridgehead atoms. The first-order valence-corrected chi connectivity index (χ1v) is 5.15. The first-order chi connectivity index (χ1) is 8.25. The zero-order valence-corrected chi connectivity index (χ0v) is 8.98. The van der Waals surface area contributed by atoms with Crippen LogP contribution in [0.1, 0.15) is 16.3 Å². The molecule has 2 rings (SSSR count). The van der Waals surface area contributed by atoms with Crippen molar-refractivity contribution in [3.05, 3.63) is 48.1 Å². The molecule has 0 atom stereocenters. The van der Waals surface area contributed by atoms with E-state index in [1.807, 2.05) is 0 Å². The van der Waals surface area contributed by atoms with Gasteiger partial charge in [-0.2, -0.15) is 4.39 Å². The van der Waals surface area contributed by atoms with Crippen LogP contribution in [-0.2, 0) is 6.42 Å². The number of nitrogens with zero attached hydrogens (tertiary/aromatic N) is 2. The number of H-pyrrole nitrogens is 1. The summed E-state index contributed by atoms with van der Waals surface area (Å²) in [4.78, 5) is 22.0. The van der Waals surface area contributed by atoms with E-state index in [9.17, 15) is 9.18 Å². The highest BCUT2D eigenvalue weighted by atomic mass is 19.1. The molecule has 0 aromatic carbocycles. The fraction of sp³-hybridized carbons (Fsp3) is 0.182. The Hall–Kier alpha value is -2.24. The highest BCUT2D eigenvalue weighted by Crippen LogP contribution is 1.97. The van der Waals surface area contributed by atoms with E-state index >= 15 is 0 Å². The summed E-state index contributed by atoms with van der Waals surface area (Å²) in [7, 11) is 0. The molecule has 0 fully saturated rings. The van der Waals surface area contributed by atoms with Gasteiger partial charge in [-0.1, -0.05) is 6.07 Å². The lowest BCUT2D eigenvalue weighted by molar-refractivity contribution is 0.0948. The van der Waals surface area contributed by atoms with E-state index in [4.69, 9.17) is 0 Å². The maximum Gasteiger partial charge on any atom is 0.270 e. The van der Waals surface area contributed by atoms with Gasteiger partial charge in [0.25, 0.3) is 5.91 Å². The minimum absolute atomic E-state index is 0.0736. The average molecular weight is 234 g/mol. The van der Waals surface area contributed by atoms with Crippen molar-refractivity contribution < 1.29 is 9.18 Å². The Morgan fingerprint density at radius 3 is 3.06 bits per heavy atom. The van der Waals surface area contributed by atoms with Gasteiger partial charge < -0.3 is 10.3 Å². The third-order valence-electron chi connectivity index (χ3n) is 2.15. The SMILES string of the molecule is O=C(NCCc1ncc[nH]1)c1cccc(F)n1. The Morgan fingerprint density at radius 1 is 1.47 bits per heavy atom. The highest BCUT2D eigenvalue weighted by Gasteiger charge is 2.07. The van der Waals surface area contributed by atoms with E-state index in [1.165, 1.54) is 18.2 Å². The van der Waals surface area contributed by atoms with Crippen LogP contribution in [0.15, 0.2) is 30.6 Å². The number of imidazole rings is 1. The number of halogens is 1. The average Bonchev–Trinajstić information content (AvgIpc) is 2.82. The van der Waals surface area contributed by atoms with Crippen LogP contribution in [0.2, 0.25) is 0 Å². The number of rotatable bonds is 4. The summed E-state index contributed by atoms with van der Waals surface area (Å²) in [6.07, 6.45) is 3.95. The van der Waals surface area contributed by atoms with Gasteiger partial charge in [-0.15, -0.1) is 0 Å². The largest absolute Gasteiger partial charge is 0.350 e. The van der Waals surface area contributed by atoms with Crippen LogP contribution < -0.4 is 5.32 Å². The fourth-order valence-electron chi connectivity index (χ4n) is 1.35. The molecule has 88 valence electrons. The highest BCUT2D eigenvalue weighted by molar-refractivity contribution is 5.92. The molecular formula is C11H11FN4O. The summed E-state index contributed by atoms with van der Waals surface area (Å²) in [5.41, 5.74) is 0.0736. The first-order valence-electron chi connectivity index (χ1n) is 5.15. The van der Waals surface area contributed by atoms with Crippen LogP contribution in [-0.4, -0.2) is 27.4 Å². The second-order valence-electron chi connectivity index (χ2n) is 3.39. The normalized spacial score (nSPS) is 10.2. The summed E-state index contributed by atoms with van der Waals surface area (Å²) < 4.78 is 12.8. The minimum atomic E-state index is -0.663. The minimum Gasteiger partial charge on any atom is -0.350 e. The van der Waals surface area contributed by atoms with E-state index in [-0.39, 0.29) is 5.69 Å². The molecule has 17 heavy (non-hydrogen) atoms. The smallest absolute Gasteiger partial charge is 0.270 e. The van der Waals surface area contributed by atoms with Crippen molar-refractivity contribution >= 4 is 5.91 Å². The third kappa shape index (κ3) is 3.10. The number of carbonyl (C=O) groups is 1. The predicted molar refractivity (Wildman–Crippen MR) is 58.8 cm³/mol. The monoisotopic (exact) mass is 234 g/mol. The number of nitrogens with one attached hydrogen (secondary N) is 2. The van der Waals surface area contributed by atoms with Crippen molar-refractivity contribution in [2.45, 2.75) is 6.42 Å². The van der Waals surface area contributed by atoms with Gasteiger partial charge in [0.1, 0.15) is 11.5 Å². The van der Waals surface area contributed by atoms with Crippen molar-refractivity contribution in [1.82, 2.24) is 20.3 Å². The molecule has 0 saturated heterocycles. The predicted octanol–water partition coefficient (Wildman–Crippen LogP) is 0.916. The number of hydrogen-bond donors (Lipinski definition) is 2. The lowest BCUT2D eigenvalue weighted by Crippen LogP contribution is -2.26. The molecule has 0 aliphatic carbocycles. The van der Waals surface area contributed by atoms with Crippen molar-refractivity contribution in [2.75, 3.05) is 6.54 Å². The topological polar surface area (TPSA) is 70.7 Å². The van der Waals surface area contributed by atoms with Gasteiger partial charge in [-0.25, -0.2) is 9.97 Å². The second kappa shape index (κ2) is 5.20. The number of pyridine rings is 1. The van der Waals surface area contributed by atoms with E-state index in [1.54, 1.807) is 12.4 Å². The van der Waals surface area contributed by atoms with Gasteiger partial charge in [0.15, 0.2) is 0 Å². The van der Waals surface area contributed by atoms with Crippen LogP contribution in [0, 0.1) is 5.95 Å². The van der Waals surface area contributed by atoms with Crippen molar-refractivity contribution in [3.8, 4) is 0 Å². The maximum absolute atomic E-state index is 12.8. The molecule has 0 unspecified atom stereocenters. The molecule has 2 heterocycles. The van der Waals surface area contributed by atoms with Gasteiger partial charge in [0, 0.05) is 25.4 Å². The van der Waals surface area contributed by atoms with Gasteiger partial charge in [-0.3, -0.25) is 4.79 Å². The molecule has 0 saturated carbocycles. The van der Waals surface area contributed by atoms with Crippen LogP contribution in [0.3, 0.4) is 0 Å².